The van der Waals surface area contributed by atoms with E-state index in [9.17, 15) is 0 Å². The summed E-state index contributed by atoms with van der Waals surface area (Å²) in [5.74, 6) is -1.91. The minimum atomic E-state index is -1.82. The number of hydrogen-bond donors (Lipinski definition) is 3. The van der Waals surface area contributed by atoms with Crippen molar-refractivity contribution in [1.29, 1.82) is 0 Å². The zero-order valence-electron chi connectivity index (χ0n) is 14.8. The van der Waals surface area contributed by atoms with Crippen molar-refractivity contribution in [2.24, 2.45) is 0 Å². The van der Waals surface area contributed by atoms with Gasteiger partial charge in [-0.25, -0.2) is 9.59 Å². The molecule has 0 heterocycles. The van der Waals surface area contributed by atoms with E-state index >= 15 is 0 Å². The maximum absolute atomic E-state index is 9.10. The molecule has 3 N–H and O–H groups in total. The van der Waals surface area contributed by atoms with Crippen molar-refractivity contribution < 1.29 is 29.3 Å². The minimum Gasteiger partial charge on any atom is -0.497 e. The lowest BCUT2D eigenvalue weighted by molar-refractivity contribution is -0.159. The van der Waals surface area contributed by atoms with Crippen LogP contribution in [0.25, 0.3) is 0 Å². The number of carbonyl (C=O) groups is 2. The third-order valence-corrected chi connectivity index (χ3v) is 3.42. The van der Waals surface area contributed by atoms with Crippen molar-refractivity contribution in [3.8, 4) is 11.5 Å². The van der Waals surface area contributed by atoms with Crippen molar-refractivity contribution in [1.82, 2.24) is 5.32 Å². The zero-order valence-corrected chi connectivity index (χ0v) is 14.8. The Bertz CT molecular complexity index is 690. The van der Waals surface area contributed by atoms with E-state index in [4.69, 9.17) is 29.3 Å². The number of carboxylic acid groups (broad SMARTS) is 2. The van der Waals surface area contributed by atoms with Crippen LogP contribution in [0.5, 0.6) is 11.5 Å². The van der Waals surface area contributed by atoms with Crippen LogP contribution in [0.1, 0.15) is 11.1 Å². The van der Waals surface area contributed by atoms with Crippen molar-refractivity contribution >= 4 is 11.9 Å². The van der Waals surface area contributed by atoms with Gasteiger partial charge < -0.3 is 25.0 Å². The molecule has 0 fully saturated rings. The first-order valence-electron chi connectivity index (χ1n) is 7.89. The van der Waals surface area contributed by atoms with E-state index < -0.39 is 11.9 Å². The lowest BCUT2D eigenvalue weighted by Gasteiger charge is -2.11. The Labute approximate surface area is 152 Å². The quantitative estimate of drug-likeness (QED) is 0.513. The van der Waals surface area contributed by atoms with Crippen LogP contribution in [0.4, 0.5) is 0 Å². The molecule has 7 heteroatoms. The summed E-state index contributed by atoms with van der Waals surface area (Å²) in [5, 5.41) is 18.2. The summed E-state index contributed by atoms with van der Waals surface area (Å²) in [6.45, 7) is 1.71. The summed E-state index contributed by atoms with van der Waals surface area (Å²) in [5.41, 5.74) is 2.46. The first-order chi connectivity index (χ1) is 12.5. The second kappa shape index (κ2) is 11.5. The average molecular weight is 361 g/mol. The van der Waals surface area contributed by atoms with E-state index in [1.54, 1.807) is 14.2 Å². The van der Waals surface area contributed by atoms with Crippen molar-refractivity contribution in [2.75, 3.05) is 20.8 Å². The smallest absolute Gasteiger partial charge is 0.414 e. The van der Waals surface area contributed by atoms with E-state index in [-0.39, 0.29) is 0 Å². The number of nitrogens with one attached hydrogen (secondary N) is 1. The van der Waals surface area contributed by atoms with E-state index in [2.05, 4.69) is 29.6 Å². The standard InChI is InChI=1S/C17H21NO2.C2H2O4/c1-19-16-8-9-17(20-2)15(12-16)13-18-11-10-14-6-4-3-5-7-14;3-1(4)2(5)6/h3-9,12,18H,10-11,13H2,1-2H3;(H,3,4)(H,5,6). The molecule has 140 valence electrons. The monoisotopic (exact) mass is 361 g/mol. The molecule has 0 saturated carbocycles. The van der Waals surface area contributed by atoms with Gasteiger partial charge in [0, 0.05) is 12.1 Å². The molecule has 0 aromatic heterocycles. The highest BCUT2D eigenvalue weighted by molar-refractivity contribution is 6.27. The van der Waals surface area contributed by atoms with Gasteiger partial charge in [0.15, 0.2) is 0 Å². The minimum absolute atomic E-state index is 0.771. The molecule has 0 aliphatic carbocycles. The Morgan fingerprint density at radius 2 is 1.62 bits per heavy atom. The van der Waals surface area contributed by atoms with Gasteiger partial charge in [0.2, 0.25) is 0 Å². The SMILES string of the molecule is COc1ccc(OC)c(CNCCc2ccccc2)c1.O=C(O)C(=O)O. The van der Waals surface area contributed by atoms with E-state index in [1.807, 2.05) is 24.3 Å². The van der Waals surface area contributed by atoms with Gasteiger partial charge >= 0.3 is 11.9 Å². The highest BCUT2D eigenvalue weighted by atomic mass is 16.5. The predicted octanol–water partition coefficient (Wildman–Crippen LogP) is 2.19. The van der Waals surface area contributed by atoms with Gasteiger partial charge in [-0.05, 0) is 36.7 Å². The molecule has 0 radical (unpaired) electrons. The van der Waals surface area contributed by atoms with Crippen LogP contribution in [0.3, 0.4) is 0 Å². The fourth-order valence-electron chi connectivity index (χ4n) is 2.12. The third-order valence-electron chi connectivity index (χ3n) is 3.42. The van der Waals surface area contributed by atoms with Gasteiger partial charge in [-0.3, -0.25) is 0 Å². The van der Waals surface area contributed by atoms with E-state index in [0.29, 0.717) is 0 Å². The molecular weight excluding hydrogens is 338 g/mol. The van der Waals surface area contributed by atoms with Crippen molar-refractivity contribution in [3.63, 3.8) is 0 Å². The largest absolute Gasteiger partial charge is 0.497 e. The summed E-state index contributed by atoms with van der Waals surface area (Å²) in [6.07, 6.45) is 1.02. The van der Waals surface area contributed by atoms with Crippen LogP contribution in [0.15, 0.2) is 48.5 Å². The Kier molecular flexibility index (Phi) is 9.27. The number of rotatable bonds is 7. The van der Waals surface area contributed by atoms with Crippen LogP contribution < -0.4 is 14.8 Å². The molecule has 7 nitrogen and oxygen atoms in total. The molecule has 2 rings (SSSR count). The number of ether oxygens (including phenoxy) is 2. The first kappa shape index (κ1) is 21.0. The molecule has 26 heavy (non-hydrogen) atoms. The summed E-state index contributed by atoms with van der Waals surface area (Å²) >= 11 is 0. The second-order valence-corrected chi connectivity index (χ2v) is 5.20. The van der Waals surface area contributed by atoms with Crippen LogP contribution in [0.2, 0.25) is 0 Å². The van der Waals surface area contributed by atoms with E-state index in [1.165, 1.54) is 5.56 Å². The Hall–Kier alpha value is -3.06. The van der Waals surface area contributed by atoms with Crippen LogP contribution in [-0.4, -0.2) is 42.9 Å². The zero-order chi connectivity index (χ0) is 19.4. The molecule has 2 aromatic carbocycles. The molecule has 0 aliphatic heterocycles. The molecular formula is C19H23NO6. The summed E-state index contributed by atoms with van der Waals surface area (Å²) < 4.78 is 10.6. The fraction of sp³-hybridized carbons (Fsp3) is 0.263. The number of benzene rings is 2. The average Bonchev–Trinajstić information content (AvgIpc) is 2.66. The molecule has 0 bridgehead atoms. The predicted molar refractivity (Wildman–Crippen MR) is 96.7 cm³/mol. The molecule has 0 atom stereocenters. The Morgan fingerprint density at radius 1 is 0.962 bits per heavy atom. The van der Waals surface area contributed by atoms with Crippen LogP contribution >= 0.6 is 0 Å². The lowest BCUT2D eigenvalue weighted by Crippen LogP contribution is -2.17. The van der Waals surface area contributed by atoms with Crippen LogP contribution in [0, 0.1) is 0 Å². The molecule has 2 aromatic rings. The van der Waals surface area contributed by atoms with Crippen molar-refractivity contribution in [3.05, 3.63) is 59.7 Å². The Balaban J connectivity index is 0.000000487. The van der Waals surface area contributed by atoms with Crippen LogP contribution in [-0.2, 0) is 22.6 Å². The van der Waals surface area contributed by atoms with Crippen molar-refractivity contribution in [2.45, 2.75) is 13.0 Å². The van der Waals surface area contributed by atoms with Gasteiger partial charge in [0.1, 0.15) is 11.5 Å². The highest BCUT2D eigenvalue weighted by Gasteiger charge is 2.05. The third kappa shape index (κ3) is 7.67. The molecule has 0 spiro atoms. The van der Waals surface area contributed by atoms with Gasteiger partial charge in [-0.1, -0.05) is 30.3 Å². The van der Waals surface area contributed by atoms with E-state index in [0.717, 1.165) is 36.6 Å². The number of hydrogen-bond acceptors (Lipinski definition) is 5. The van der Waals surface area contributed by atoms with Gasteiger partial charge in [-0.2, -0.15) is 0 Å². The van der Waals surface area contributed by atoms with Gasteiger partial charge in [0.25, 0.3) is 0 Å². The Morgan fingerprint density at radius 3 is 2.15 bits per heavy atom. The summed E-state index contributed by atoms with van der Waals surface area (Å²) in [6, 6.07) is 16.3. The van der Waals surface area contributed by atoms with Gasteiger partial charge in [-0.15, -0.1) is 0 Å². The second-order valence-electron chi connectivity index (χ2n) is 5.20. The van der Waals surface area contributed by atoms with Gasteiger partial charge in [0.05, 0.1) is 14.2 Å². The molecule has 0 unspecified atom stereocenters. The topological polar surface area (TPSA) is 105 Å². The number of carboxylic acids is 2. The highest BCUT2D eigenvalue weighted by Crippen LogP contribution is 2.23. The normalized spacial score (nSPS) is 9.62. The molecule has 0 amide bonds. The summed E-state index contributed by atoms with van der Waals surface area (Å²) in [4.78, 5) is 18.2. The maximum Gasteiger partial charge on any atom is 0.414 e. The maximum atomic E-state index is 9.10. The molecule has 0 saturated heterocycles. The number of methoxy groups -OCH3 is 2. The fourth-order valence-corrected chi connectivity index (χ4v) is 2.12. The summed E-state index contributed by atoms with van der Waals surface area (Å²) in [7, 11) is 3.36. The number of aliphatic carboxylic acids is 2. The first-order valence-corrected chi connectivity index (χ1v) is 7.89. The lowest BCUT2D eigenvalue weighted by atomic mass is 10.1. The molecule has 0 aliphatic rings.